The molecule has 0 aliphatic carbocycles. The average Bonchev–Trinajstić information content (AvgIpc) is 2.97. The van der Waals surface area contributed by atoms with Crippen LogP contribution in [-0.4, -0.2) is 18.3 Å². The number of nitrogen functional groups attached to an aromatic ring is 1. The second-order valence-electron chi connectivity index (χ2n) is 3.88. The molecule has 0 saturated carbocycles. The molecular formula is C10H11N5O4S2. The van der Waals surface area contributed by atoms with E-state index in [2.05, 4.69) is 15.1 Å². The average molecular weight is 329 g/mol. The molecule has 0 aliphatic rings. The third-order valence-electron chi connectivity index (χ3n) is 2.56. The minimum Gasteiger partial charge on any atom is -0.318 e. The Bertz CT molecular complexity index is 745. The molecule has 4 N–H and O–H groups in total. The van der Waals surface area contributed by atoms with Gasteiger partial charge in [0.1, 0.15) is 5.69 Å². The van der Waals surface area contributed by atoms with Crippen LogP contribution < -0.4 is 16.0 Å². The number of nitrogens with two attached hydrogens (primary N) is 1. The number of aromatic nitrogens is 1. The fraction of sp³-hybridized carbons (Fsp3) is 0.100. The van der Waals surface area contributed by atoms with Gasteiger partial charge in [-0.15, -0.1) is 11.3 Å². The summed E-state index contributed by atoms with van der Waals surface area (Å²) in [6, 6.07) is 3.40. The third-order valence-corrected chi connectivity index (χ3v) is 4.59. The topological polar surface area (TPSA) is 140 Å². The van der Waals surface area contributed by atoms with Crippen LogP contribution in [0.4, 0.5) is 11.4 Å². The number of sulfonamides is 1. The van der Waals surface area contributed by atoms with Crippen molar-refractivity contribution >= 4 is 32.7 Å². The number of hydrazine groups is 1. The molecule has 0 bridgehead atoms. The number of hydrogen-bond donors (Lipinski definition) is 3. The van der Waals surface area contributed by atoms with E-state index in [0.717, 1.165) is 6.07 Å². The quantitative estimate of drug-likeness (QED) is 0.404. The predicted octanol–water partition coefficient (Wildman–Crippen LogP) is 0.815. The first kappa shape index (κ1) is 15.3. The Morgan fingerprint density at radius 1 is 1.43 bits per heavy atom. The second-order valence-corrected chi connectivity index (χ2v) is 6.37. The Morgan fingerprint density at radius 2 is 2.19 bits per heavy atom. The Balaban J connectivity index is 2.27. The number of nitro groups is 1. The normalized spacial score (nSPS) is 11.3. The van der Waals surface area contributed by atoms with Gasteiger partial charge in [-0.2, -0.15) is 0 Å². The van der Waals surface area contributed by atoms with Crippen molar-refractivity contribution in [2.45, 2.75) is 11.4 Å². The molecule has 0 radical (unpaired) electrons. The summed E-state index contributed by atoms with van der Waals surface area (Å²) in [5.41, 5.74) is 3.90. The summed E-state index contributed by atoms with van der Waals surface area (Å²) in [4.78, 5) is 13.9. The highest BCUT2D eigenvalue weighted by Gasteiger charge is 2.21. The van der Waals surface area contributed by atoms with Crippen molar-refractivity contribution in [2.75, 3.05) is 5.43 Å². The number of thiazole rings is 1. The summed E-state index contributed by atoms with van der Waals surface area (Å²) in [7, 11) is -3.88. The lowest BCUT2D eigenvalue weighted by atomic mass is 10.3. The first-order valence-corrected chi connectivity index (χ1v) is 7.98. The lowest BCUT2D eigenvalue weighted by molar-refractivity contribution is -0.384. The molecule has 11 heteroatoms. The highest BCUT2D eigenvalue weighted by atomic mass is 32.2. The molecule has 2 aromatic rings. The Hall–Kier alpha value is -2.08. The number of rotatable bonds is 6. The number of hydrogen-bond acceptors (Lipinski definition) is 8. The van der Waals surface area contributed by atoms with Crippen molar-refractivity contribution in [1.82, 2.24) is 9.71 Å². The molecule has 112 valence electrons. The van der Waals surface area contributed by atoms with Gasteiger partial charge < -0.3 is 5.43 Å². The van der Waals surface area contributed by atoms with E-state index in [-0.39, 0.29) is 17.1 Å². The zero-order chi connectivity index (χ0) is 15.5. The first-order valence-electron chi connectivity index (χ1n) is 5.56. The molecule has 21 heavy (non-hydrogen) atoms. The number of nitrogens with one attached hydrogen (secondary N) is 2. The van der Waals surface area contributed by atoms with Crippen LogP contribution in [0, 0.1) is 10.1 Å². The maximum atomic E-state index is 12.1. The Morgan fingerprint density at radius 3 is 2.76 bits per heavy atom. The maximum absolute atomic E-state index is 12.1. The van der Waals surface area contributed by atoms with E-state index in [4.69, 9.17) is 5.84 Å². The molecule has 0 saturated heterocycles. The first-order chi connectivity index (χ1) is 9.94. The minimum absolute atomic E-state index is 0.0104. The molecule has 9 nitrogen and oxygen atoms in total. The van der Waals surface area contributed by atoms with Gasteiger partial charge in [-0.25, -0.2) is 18.1 Å². The SMILES string of the molecule is NNc1ccc(S(=O)(=O)NCc2cscn2)cc1[N+](=O)[O-]. The van der Waals surface area contributed by atoms with E-state index in [9.17, 15) is 18.5 Å². The second kappa shape index (κ2) is 6.13. The molecule has 0 spiro atoms. The van der Waals surface area contributed by atoms with Crippen LogP contribution in [0.1, 0.15) is 5.69 Å². The molecule has 0 fully saturated rings. The van der Waals surface area contributed by atoms with E-state index in [1.807, 2.05) is 0 Å². The number of nitro benzene ring substituents is 1. The molecule has 1 heterocycles. The van der Waals surface area contributed by atoms with Crippen molar-refractivity contribution in [2.24, 2.45) is 5.84 Å². The van der Waals surface area contributed by atoms with Crippen molar-refractivity contribution in [3.8, 4) is 0 Å². The van der Waals surface area contributed by atoms with Crippen LogP contribution in [0.25, 0.3) is 0 Å². The standard InChI is InChI=1S/C10H11N5O4S2/c11-14-9-2-1-8(3-10(9)15(16)17)21(18,19)13-4-7-5-20-6-12-7/h1-3,5-6,13-14H,4,11H2. The molecule has 0 atom stereocenters. The number of nitrogens with zero attached hydrogens (tertiary/aromatic N) is 2. The Labute approximate surface area is 124 Å². The lowest BCUT2D eigenvalue weighted by Crippen LogP contribution is -2.23. The lowest BCUT2D eigenvalue weighted by Gasteiger charge is -2.07. The molecule has 0 unspecified atom stereocenters. The monoisotopic (exact) mass is 329 g/mol. The van der Waals surface area contributed by atoms with Gasteiger partial charge in [0.15, 0.2) is 0 Å². The van der Waals surface area contributed by atoms with Gasteiger partial charge in [0.25, 0.3) is 5.69 Å². The van der Waals surface area contributed by atoms with Crippen LogP contribution in [0.15, 0.2) is 34.0 Å². The summed E-state index contributed by atoms with van der Waals surface area (Å²) in [6.45, 7) is 0.0104. The van der Waals surface area contributed by atoms with E-state index in [0.29, 0.717) is 5.69 Å². The summed E-state index contributed by atoms with van der Waals surface area (Å²) >= 11 is 1.34. The van der Waals surface area contributed by atoms with E-state index in [1.165, 1.54) is 23.5 Å². The summed E-state index contributed by atoms with van der Waals surface area (Å²) in [5, 5.41) is 12.6. The van der Waals surface area contributed by atoms with Crippen molar-refractivity contribution < 1.29 is 13.3 Å². The molecule has 1 aromatic heterocycles. The van der Waals surface area contributed by atoms with Gasteiger partial charge in [-0.1, -0.05) is 0 Å². The van der Waals surface area contributed by atoms with Crippen molar-refractivity contribution in [1.29, 1.82) is 0 Å². The van der Waals surface area contributed by atoms with E-state index < -0.39 is 20.6 Å². The van der Waals surface area contributed by atoms with Gasteiger partial charge in [0.2, 0.25) is 10.0 Å². The maximum Gasteiger partial charge on any atom is 0.294 e. The van der Waals surface area contributed by atoms with Crippen LogP contribution in [0.2, 0.25) is 0 Å². The van der Waals surface area contributed by atoms with Crippen molar-refractivity contribution in [3.05, 3.63) is 44.9 Å². The zero-order valence-corrected chi connectivity index (χ0v) is 12.1. The summed E-state index contributed by atoms with van der Waals surface area (Å²) in [5.74, 6) is 5.14. The largest absolute Gasteiger partial charge is 0.318 e. The number of benzene rings is 1. The highest BCUT2D eigenvalue weighted by Crippen LogP contribution is 2.26. The van der Waals surface area contributed by atoms with E-state index >= 15 is 0 Å². The minimum atomic E-state index is -3.88. The van der Waals surface area contributed by atoms with Gasteiger partial charge in [0, 0.05) is 11.4 Å². The van der Waals surface area contributed by atoms with Gasteiger partial charge >= 0.3 is 0 Å². The van der Waals surface area contributed by atoms with Crippen LogP contribution >= 0.6 is 11.3 Å². The van der Waals surface area contributed by atoms with Gasteiger partial charge in [0.05, 0.1) is 27.6 Å². The molecular weight excluding hydrogens is 318 g/mol. The fourth-order valence-electron chi connectivity index (χ4n) is 1.53. The van der Waals surface area contributed by atoms with Crippen LogP contribution in [0.3, 0.4) is 0 Å². The zero-order valence-electron chi connectivity index (χ0n) is 10.5. The Kier molecular flexibility index (Phi) is 4.47. The molecule has 1 aromatic carbocycles. The van der Waals surface area contributed by atoms with Crippen LogP contribution in [-0.2, 0) is 16.6 Å². The smallest absolute Gasteiger partial charge is 0.294 e. The van der Waals surface area contributed by atoms with Gasteiger partial charge in [-0.3, -0.25) is 16.0 Å². The highest BCUT2D eigenvalue weighted by molar-refractivity contribution is 7.89. The predicted molar refractivity (Wildman–Crippen MR) is 77.0 cm³/mol. The molecule has 0 amide bonds. The molecule has 0 aliphatic heterocycles. The fourth-order valence-corrected chi connectivity index (χ4v) is 3.11. The van der Waals surface area contributed by atoms with Crippen molar-refractivity contribution in [3.63, 3.8) is 0 Å². The third kappa shape index (κ3) is 3.52. The molecule has 2 rings (SSSR count). The van der Waals surface area contributed by atoms with Crippen LogP contribution in [0.5, 0.6) is 0 Å². The van der Waals surface area contributed by atoms with E-state index in [1.54, 1.807) is 10.9 Å². The number of anilines is 1. The van der Waals surface area contributed by atoms with Gasteiger partial charge in [-0.05, 0) is 12.1 Å². The summed E-state index contributed by atoms with van der Waals surface area (Å²) < 4.78 is 26.5. The summed E-state index contributed by atoms with van der Waals surface area (Å²) in [6.07, 6.45) is 0.